The fourth-order valence-corrected chi connectivity index (χ4v) is 3.73. The first kappa shape index (κ1) is 19.3. The van der Waals surface area contributed by atoms with Crippen molar-refractivity contribution in [3.8, 4) is 11.5 Å². The van der Waals surface area contributed by atoms with Gasteiger partial charge in [0.05, 0.1) is 20.6 Å². The fraction of sp³-hybridized carbons (Fsp3) is 0.524. The van der Waals surface area contributed by atoms with Gasteiger partial charge < -0.3 is 19.7 Å². The molecule has 0 bridgehead atoms. The van der Waals surface area contributed by atoms with Crippen LogP contribution in [-0.2, 0) is 16.0 Å². The van der Waals surface area contributed by atoms with Gasteiger partial charge >= 0.3 is 0 Å². The summed E-state index contributed by atoms with van der Waals surface area (Å²) in [7, 11) is 3.17. The highest BCUT2D eigenvalue weighted by Gasteiger charge is 2.21. The third-order valence-corrected chi connectivity index (χ3v) is 5.29. The molecular formula is C21H28N2O4. The number of carbonyl (C=O) groups is 2. The molecule has 0 unspecified atom stereocenters. The Kier molecular flexibility index (Phi) is 6.37. The van der Waals surface area contributed by atoms with Gasteiger partial charge in [0.25, 0.3) is 0 Å². The monoisotopic (exact) mass is 372 g/mol. The minimum absolute atomic E-state index is 0.0215. The molecule has 1 aliphatic heterocycles. The molecule has 1 fully saturated rings. The zero-order chi connectivity index (χ0) is 19.2. The van der Waals surface area contributed by atoms with E-state index in [2.05, 4.69) is 5.32 Å². The largest absolute Gasteiger partial charge is 0.493 e. The van der Waals surface area contributed by atoms with E-state index in [4.69, 9.17) is 9.47 Å². The highest BCUT2D eigenvalue weighted by atomic mass is 16.5. The van der Waals surface area contributed by atoms with Gasteiger partial charge in [-0.15, -0.1) is 0 Å². The number of fused-ring (bicyclic) bond motifs is 1. The summed E-state index contributed by atoms with van der Waals surface area (Å²) in [5.74, 6) is 1.24. The summed E-state index contributed by atoms with van der Waals surface area (Å²) in [5.41, 5.74) is 1.82. The van der Waals surface area contributed by atoms with Crippen LogP contribution in [0.15, 0.2) is 18.3 Å². The Morgan fingerprint density at radius 2 is 1.85 bits per heavy atom. The number of hydrogen-bond acceptors (Lipinski definition) is 4. The number of nitrogens with zero attached hydrogens (tertiary/aromatic N) is 1. The predicted octanol–water partition coefficient (Wildman–Crippen LogP) is 2.90. The van der Waals surface area contributed by atoms with Crippen molar-refractivity contribution in [3.63, 3.8) is 0 Å². The maximum absolute atomic E-state index is 12.6. The number of rotatable bonds is 6. The van der Waals surface area contributed by atoms with E-state index in [0.29, 0.717) is 30.5 Å². The molecule has 0 atom stereocenters. The van der Waals surface area contributed by atoms with Crippen LogP contribution in [0.3, 0.4) is 0 Å². The Hall–Kier alpha value is -2.50. The Morgan fingerprint density at radius 1 is 1.15 bits per heavy atom. The number of methoxy groups -OCH3 is 2. The molecule has 1 aromatic carbocycles. The van der Waals surface area contributed by atoms with Gasteiger partial charge in [-0.3, -0.25) is 9.59 Å². The van der Waals surface area contributed by atoms with E-state index < -0.39 is 0 Å². The maximum atomic E-state index is 12.6. The van der Waals surface area contributed by atoms with Crippen molar-refractivity contribution in [2.24, 2.45) is 0 Å². The second kappa shape index (κ2) is 8.93. The summed E-state index contributed by atoms with van der Waals surface area (Å²) in [4.78, 5) is 26.5. The van der Waals surface area contributed by atoms with Crippen LogP contribution in [0.5, 0.6) is 11.5 Å². The lowest BCUT2D eigenvalue weighted by Crippen LogP contribution is -2.38. The van der Waals surface area contributed by atoms with E-state index in [0.717, 1.165) is 24.0 Å². The maximum Gasteiger partial charge on any atom is 0.230 e. The summed E-state index contributed by atoms with van der Waals surface area (Å²) in [6.45, 7) is 0.385. The van der Waals surface area contributed by atoms with Gasteiger partial charge in [-0.05, 0) is 42.2 Å². The van der Waals surface area contributed by atoms with Crippen LogP contribution in [0.4, 0.5) is 0 Å². The van der Waals surface area contributed by atoms with Crippen LogP contribution in [0.2, 0.25) is 0 Å². The van der Waals surface area contributed by atoms with Crippen molar-refractivity contribution >= 4 is 17.9 Å². The molecule has 1 N–H and O–H groups in total. The Morgan fingerprint density at radius 3 is 2.56 bits per heavy atom. The van der Waals surface area contributed by atoms with Gasteiger partial charge in [0.15, 0.2) is 11.5 Å². The van der Waals surface area contributed by atoms with E-state index in [9.17, 15) is 9.59 Å². The van der Waals surface area contributed by atoms with Crippen molar-refractivity contribution in [2.45, 2.75) is 51.0 Å². The molecule has 3 rings (SSSR count). The normalized spacial score (nSPS) is 17.3. The molecule has 0 saturated heterocycles. The highest BCUT2D eigenvalue weighted by Crippen LogP contribution is 2.32. The molecule has 1 saturated carbocycles. The molecular weight excluding hydrogens is 344 g/mol. The van der Waals surface area contributed by atoms with E-state index in [1.54, 1.807) is 25.3 Å². The summed E-state index contributed by atoms with van der Waals surface area (Å²) in [6.07, 6.45) is 9.99. The molecule has 0 aromatic heterocycles. The smallest absolute Gasteiger partial charge is 0.230 e. The SMILES string of the molecule is COc1cc2c(cc1OC)CC(=O)N(CCC(=O)NC1CCCCC1)C=C2. The number of hydrogen-bond donors (Lipinski definition) is 1. The summed E-state index contributed by atoms with van der Waals surface area (Å²) in [6, 6.07) is 4.01. The third kappa shape index (κ3) is 4.81. The zero-order valence-corrected chi connectivity index (χ0v) is 16.1. The number of carbonyl (C=O) groups excluding carboxylic acids is 2. The molecule has 2 aliphatic rings. The molecule has 0 spiro atoms. The lowest BCUT2D eigenvalue weighted by atomic mass is 9.95. The molecule has 1 heterocycles. The van der Waals surface area contributed by atoms with Gasteiger partial charge in [0.1, 0.15) is 0 Å². The summed E-state index contributed by atoms with van der Waals surface area (Å²) >= 11 is 0. The van der Waals surface area contributed by atoms with Crippen LogP contribution in [0, 0.1) is 0 Å². The molecule has 0 radical (unpaired) electrons. The van der Waals surface area contributed by atoms with Crippen molar-refractivity contribution < 1.29 is 19.1 Å². The minimum atomic E-state index is -0.0253. The van der Waals surface area contributed by atoms with Crippen LogP contribution >= 0.6 is 0 Å². The second-order valence-electron chi connectivity index (χ2n) is 7.14. The predicted molar refractivity (Wildman–Crippen MR) is 104 cm³/mol. The van der Waals surface area contributed by atoms with Crippen molar-refractivity contribution in [1.82, 2.24) is 10.2 Å². The molecule has 1 aliphatic carbocycles. The van der Waals surface area contributed by atoms with E-state index in [1.807, 2.05) is 18.2 Å². The average molecular weight is 372 g/mol. The van der Waals surface area contributed by atoms with Crippen molar-refractivity contribution in [3.05, 3.63) is 29.5 Å². The average Bonchev–Trinajstić information content (AvgIpc) is 2.83. The van der Waals surface area contributed by atoms with E-state index >= 15 is 0 Å². The Balaban J connectivity index is 1.61. The van der Waals surface area contributed by atoms with Crippen molar-refractivity contribution in [1.29, 1.82) is 0 Å². The molecule has 1 aromatic rings. The topological polar surface area (TPSA) is 67.9 Å². The first-order chi connectivity index (χ1) is 13.1. The molecule has 27 heavy (non-hydrogen) atoms. The van der Waals surface area contributed by atoms with Gasteiger partial charge in [0, 0.05) is 25.2 Å². The van der Waals surface area contributed by atoms with E-state index in [-0.39, 0.29) is 18.2 Å². The second-order valence-corrected chi connectivity index (χ2v) is 7.14. The van der Waals surface area contributed by atoms with Crippen LogP contribution in [0.1, 0.15) is 49.7 Å². The van der Waals surface area contributed by atoms with Gasteiger partial charge in [-0.1, -0.05) is 19.3 Å². The van der Waals surface area contributed by atoms with Crippen LogP contribution < -0.4 is 14.8 Å². The van der Waals surface area contributed by atoms with Gasteiger partial charge in [-0.2, -0.15) is 0 Å². The standard InChI is InChI=1S/C21H28N2O4/c1-26-18-12-15-8-10-23(21(25)14-16(15)13-19(18)27-2)11-9-20(24)22-17-6-4-3-5-7-17/h8,10,12-13,17H,3-7,9,11,14H2,1-2H3,(H,22,24). The number of benzene rings is 1. The zero-order valence-electron chi connectivity index (χ0n) is 16.1. The first-order valence-electron chi connectivity index (χ1n) is 9.62. The first-order valence-corrected chi connectivity index (χ1v) is 9.62. The third-order valence-electron chi connectivity index (χ3n) is 5.29. The van der Waals surface area contributed by atoms with Crippen molar-refractivity contribution in [2.75, 3.05) is 20.8 Å². The Labute approximate surface area is 160 Å². The number of amides is 2. The number of ether oxygens (including phenoxy) is 2. The Bertz CT molecular complexity index is 723. The molecule has 2 amide bonds. The number of nitrogens with one attached hydrogen (secondary N) is 1. The van der Waals surface area contributed by atoms with Crippen LogP contribution in [0.25, 0.3) is 6.08 Å². The van der Waals surface area contributed by atoms with Gasteiger partial charge in [0.2, 0.25) is 11.8 Å². The van der Waals surface area contributed by atoms with E-state index in [1.165, 1.54) is 19.3 Å². The molecule has 6 nitrogen and oxygen atoms in total. The lowest BCUT2D eigenvalue weighted by molar-refractivity contribution is -0.128. The van der Waals surface area contributed by atoms with Gasteiger partial charge in [-0.25, -0.2) is 0 Å². The quantitative estimate of drug-likeness (QED) is 0.834. The summed E-state index contributed by atoms with van der Waals surface area (Å²) in [5, 5.41) is 3.10. The minimum Gasteiger partial charge on any atom is -0.493 e. The lowest BCUT2D eigenvalue weighted by Gasteiger charge is -2.23. The van der Waals surface area contributed by atoms with Crippen LogP contribution in [-0.4, -0.2) is 43.5 Å². The fourth-order valence-electron chi connectivity index (χ4n) is 3.73. The molecule has 6 heteroatoms. The highest BCUT2D eigenvalue weighted by molar-refractivity contribution is 5.85. The molecule has 146 valence electrons. The summed E-state index contributed by atoms with van der Waals surface area (Å²) < 4.78 is 10.7.